The van der Waals surface area contributed by atoms with Crippen molar-refractivity contribution in [3.63, 3.8) is 0 Å². The van der Waals surface area contributed by atoms with Gasteiger partial charge in [0.1, 0.15) is 10.8 Å². The molecule has 2 aromatic rings. The third kappa shape index (κ3) is 4.39. The number of nitrogens with one attached hydrogen (secondary N) is 1. The highest BCUT2D eigenvalue weighted by Gasteiger charge is 2.07. The van der Waals surface area contributed by atoms with E-state index >= 15 is 0 Å². The van der Waals surface area contributed by atoms with E-state index in [9.17, 15) is 9.59 Å². The Balaban J connectivity index is 2.04. The number of benzene rings is 1. The molecule has 2 N–H and O–H groups in total. The van der Waals surface area contributed by atoms with Gasteiger partial charge in [0, 0.05) is 11.8 Å². The largest absolute Gasteiger partial charge is 0.478 e. The molecule has 1 aromatic carbocycles. The van der Waals surface area contributed by atoms with E-state index in [1.807, 2.05) is 0 Å². The first-order valence-electron chi connectivity index (χ1n) is 5.84. The summed E-state index contributed by atoms with van der Waals surface area (Å²) in [7, 11) is 0. The molecule has 1 aromatic heterocycles. The number of amides is 1. The molecule has 0 saturated carbocycles. The summed E-state index contributed by atoms with van der Waals surface area (Å²) in [6.07, 6.45) is 5.06. The van der Waals surface area contributed by atoms with Gasteiger partial charge in [0.05, 0.1) is 12.4 Å². The number of aromatic nitrogens is 2. The van der Waals surface area contributed by atoms with Crippen LogP contribution < -0.4 is 5.32 Å². The van der Waals surface area contributed by atoms with Crippen LogP contribution in [-0.2, 0) is 4.79 Å². The van der Waals surface area contributed by atoms with Crippen molar-refractivity contribution in [2.45, 2.75) is 0 Å². The van der Waals surface area contributed by atoms with Gasteiger partial charge in [-0.1, -0.05) is 23.7 Å². The molecule has 1 heterocycles. The van der Waals surface area contributed by atoms with Crippen molar-refractivity contribution in [3.8, 4) is 0 Å². The lowest BCUT2D eigenvalue weighted by atomic mass is 10.2. The summed E-state index contributed by atoms with van der Waals surface area (Å²) in [5, 5.41) is 11.4. The predicted molar refractivity (Wildman–Crippen MR) is 78.1 cm³/mol. The minimum Gasteiger partial charge on any atom is -0.478 e. The van der Waals surface area contributed by atoms with Crippen LogP contribution in [0.3, 0.4) is 0 Å². The van der Waals surface area contributed by atoms with Gasteiger partial charge in [-0.05, 0) is 23.8 Å². The molecular formula is C14H10ClN3O3. The number of carboxylic acid groups (broad SMARTS) is 1. The third-order valence-corrected chi connectivity index (χ3v) is 2.64. The number of rotatable bonds is 4. The Bertz CT molecular complexity index is 682. The summed E-state index contributed by atoms with van der Waals surface area (Å²) in [4.78, 5) is 29.9. The van der Waals surface area contributed by atoms with Crippen molar-refractivity contribution in [1.82, 2.24) is 9.97 Å². The summed E-state index contributed by atoms with van der Waals surface area (Å²) >= 11 is 5.59. The van der Waals surface area contributed by atoms with E-state index in [0.717, 1.165) is 6.08 Å². The maximum Gasteiger partial charge on any atom is 0.328 e. The Kier molecular flexibility index (Phi) is 4.63. The number of anilines is 1. The SMILES string of the molecule is O=C(O)/C=C/c1ccc(NC(=O)c2cnc(Cl)cn2)cc1. The number of aliphatic carboxylic acids is 1. The maximum atomic E-state index is 11.9. The van der Waals surface area contributed by atoms with E-state index in [2.05, 4.69) is 15.3 Å². The monoisotopic (exact) mass is 303 g/mol. The van der Waals surface area contributed by atoms with Gasteiger partial charge in [-0.2, -0.15) is 0 Å². The Morgan fingerprint density at radius 3 is 2.43 bits per heavy atom. The molecule has 0 atom stereocenters. The van der Waals surface area contributed by atoms with Gasteiger partial charge in [0.15, 0.2) is 0 Å². The summed E-state index contributed by atoms with van der Waals surface area (Å²) in [6, 6.07) is 6.68. The highest BCUT2D eigenvalue weighted by atomic mass is 35.5. The van der Waals surface area contributed by atoms with Gasteiger partial charge < -0.3 is 10.4 Å². The number of carbonyl (C=O) groups is 2. The zero-order valence-corrected chi connectivity index (χ0v) is 11.4. The lowest BCUT2D eigenvalue weighted by molar-refractivity contribution is -0.131. The van der Waals surface area contributed by atoms with Crippen molar-refractivity contribution < 1.29 is 14.7 Å². The minimum atomic E-state index is -1.02. The van der Waals surface area contributed by atoms with Crippen LogP contribution in [0.25, 0.3) is 6.08 Å². The molecule has 6 nitrogen and oxygen atoms in total. The van der Waals surface area contributed by atoms with Crippen LogP contribution in [0.15, 0.2) is 42.7 Å². The molecule has 106 valence electrons. The van der Waals surface area contributed by atoms with Crippen LogP contribution in [0.4, 0.5) is 5.69 Å². The average molecular weight is 304 g/mol. The standard InChI is InChI=1S/C14H10ClN3O3/c15-12-8-16-11(7-17-12)14(21)18-10-4-1-9(2-5-10)3-6-13(19)20/h1-8H,(H,18,21)(H,19,20)/b6-3+. The van der Waals surface area contributed by atoms with Gasteiger partial charge in [0.25, 0.3) is 5.91 Å². The first-order valence-corrected chi connectivity index (χ1v) is 6.22. The fourth-order valence-electron chi connectivity index (χ4n) is 1.47. The first kappa shape index (κ1) is 14.7. The van der Waals surface area contributed by atoms with Gasteiger partial charge in [-0.15, -0.1) is 0 Å². The zero-order valence-electron chi connectivity index (χ0n) is 10.7. The molecule has 0 aliphatic heterocycles. The number of hydrogen-bond acceptors (Lipinski definition) is 4. The predicted octanol–water partition coefficient (Wildman–Crippen LogP) is 2.48. The van der Waals surface area contributed by atoms with E-state index in [1.165, 1.54) is 18.5 Å². The number of carboxylic acids is 1. The molecule has 2 rings (SSSR count). The first-order chi connectivity index (χ1) is 10.0. The third-order valence-electron chi connectivity index (χ3n) is 2.44. The van der Waals surface area contributed by atoms with Gasteiger partial charge in [0.2, 0.25) is 0 Å². The molecular weight excluding hydrogens is 294 g/mol. The molecule has 0 aliphatic carbocycles. The molecule has 0 aliphatic rings. The Morgan fingerprint density at radius 1 is 1.14 bits per heavy atom. The van der Waals surface area contributed by atoms with Crippen LogP contribution in [0.5, 0.6) is 0 Å². The number of halogens is 1. The quantitative estimate of drug-likeness (QED) is 0.847. The van der Waals surface area contributed by atoms with Crippen LogP contribution in [0.2, 0.25) is 5.15 Å². The van der Waals surface area contributed by atoms with Crippen molar-refractivity contribution in [1.29, 1.82) is 0 Å². The molecule has 7 heteroatoms. The Labute approximate surface area is 125 Å². The normalized spacial score (nSPS) is 10.5. The molecule has 1 amide bonds. The Hall–Kier alpha value is -2.73. The summed E-state index contributed by atoms with van der Waals surface area (Å²) in [5.74, 6) is -1.43. The molecule has 0 fully saturated rings. The van der Waals surface area contributed by atoms with E-state index < -0.39 is 11.9 Å². The summed E-state index contributed by atoms with van der Waals surface area (Å²) in [5.41, 5.74) is 1.42. The van der Waals surface area contributed by atoms with Gasteiger partial charge in [-0.3, -0.25) is 4.79 Å². The fourth-order valence-corrected chi connectivity index (χ4v) is 1.57. The smallest absolute Gasteiger partial charge is 0.328 e. The highest BCUT2D eigenvalue weighted by molar-refractivity contribution is 6.29. The van der Waals surface area contributed by atoms with Crippen LogP contribution >= 0.6 is 11.6 Å². The topological polar surface area (TPSA) is 92.2 Å². The second kappa shape index (κ2) is 6.62. The molecule has 0 radical (unpaired) electrons. The van der Waals surface area contributed by atoms with E-state index in [0.29, 0.717) is 11.3 Å². The van der Waals surface area contributed by atoms with Crippen molar-refractivity contribution in [2.75, 3.05) is 5.32 Å². The van der Waals surface area contributed by atoms with Crippen LogP contribution in [0, 0.1) is 0 Å². The highest BCUT2D eigenvalue weighted by Crippen LogP contribution is 2.12. The molecule has 0 unspecified atom stereocenters. The van der Waals surface area contributed by atoms with Crippen LogP contribution in [-0.4, -0.2) is 27.0 Å². The van der Waals surface area contributed by atoms with Crippen LogP contribution in [0.1, 0.15) is 16.1 Å². The summed E-state index contributed by atoms with van der Waals surface area (Å²) in [6.45, 7) is 0. The molecule has 0 bridgehead atoms. The second-order valence-electron chi connectivity index (χ2n) is 3.97. The van der Waals surface area contributed by atoms with E-state index in [-0.39, 0.29) is 10.8 Å². The number of carbonyl (C=O) groups excluding carboxylic acids is 1. The minimum absolute atomic E-state index is 0.147. The number of hydrogen-bond donors (Lipinski definition) is 2. The van der Waals surface area contributed by atoms with E-state index in [4.69, 9.17) is 16.7 Å². The fraction of sp³-hybridized carbons (Fsp3) is 0. The Morgan fingerprint density at radius 2 is 1.86 bits per heavy atom. The number of nitrogens with zero attached hydrogens (tertiary/aromatic N) is 2. The maximum absolute atomic E-state index is 11.9. The zero-order chi connectivity index (χ0) is 15.2. The summed E-state index contributed by atoms with van der Waals surface area (Å²) < 4.78 is 0. The molecule has 0 spiro atoms. The van der Waals surface area contributed by atoms with E-state index in [1.54, 1.807) is 24.3 Å². The van der Waals surface area contributed by atoms with Crippen molar-refractivity contribution in [3.05, 3.63) is 59.1 Å². The van der Waals surface area contributed by atoms with Crippen molar-refractivity contribution >= 4 is 35.2 Å². The van der Waals surface area contributed by atoms with Gasteiger partial charge >= 0.3 is 5.97 Å². The lowest BCUT2D eigenvalue weighted by Crippen LogP contribution is -2.13. The molecule has 0 saturated heterocycles. The second-order valence-corrected chi connectivity index (χ2v) is 4.36. The van der Waals surface area contributed by atoms with Crippen molar-refractivity contribution in [2.24, 2.45) is 0 Å². The van der Waals surface area contributed by atoms with Gasteiger partial charge in [-0.25, -0.2) is 14.8 Å². The average Bonchev–Trinajstić information content (AvgIpc) is 2.47. The lowest BCUT2D eigenvalue weighted by Gasteiger charge is -2.04. The molecule has 21 heavy (non-hydrogen) atoms.